The summed E-state index contributed by atoms with van der Waals surface area (Å²) in [5.41, 5.74) is 4.21. The van der Waals surface area contributed by atoms with Crippen molar-refractivity contribution in [1.82, 2.24) is 24.1 Å². The predicted molar refractivity (Wildman–Crippen MR) is 126 cm³/mol. The minimum atomic E-state index is -0.542. The number of rotatable bonds is 6. The van der Waals surface area contributed by atoms with Crippen LogP contribution in [0.2, 0.25) is 0 Å². The number of nitrogens with zero attached hydrogens (tertiary/aromatic N) is 5. The van der Waals surface area contributed by atoms with Crippen molar-refractivity contribution in [3.05, 3.63) is 82.7 Å². The van der Waals surface area contributed by atoms with Gasteiger partial charge in [0.05, 0.1) is 17.7 Å². The monoisotopic (exact) mass is 462 g/mol. The molecule has 9 heteroatoms. The second-order valence-corrected chi connectivity index (χ2v) is 9.10. The summed E-state index contributed by atoms with van der Waals surface area (Å²) in [5.74, 6) is -0.143. The van der Waals surface area contributed by atoms with Crippen molar-refractivity contribution in [3.63, 3.8) is 0 Å². The maximum atomic E-state index is 13.4. The van der Waals surface area contributed by atoms with Gasteiger partial charge in [-0.3, -0.25) is 10.1 Å². The fourth-order valence-corrected chi connectivity index (χ4v) is 4.68. The predicted octanol–water partition coefficient (Wildman–Crippen LogP) is 4.73. The Labute approximate surface area is 194 Å². The van der Waals surface area contributed by atoms with Crippen molar-refractivity contribution in [2.24, 2.45) is 5.92 Å². The quantitative estimate of drug-likeness (QED) is 0.420. The summed E-state index contributed by atoms with van der Waals surface area (Å²) < 4.78 is 17.4. The Morgan fingerprint density at radius 3 is 3.12 bits per heavy atom. The lowest BCUT2D eigenvalue weighted by Crippen LogP contribution is -2.17. The zero-order chi connectivity index (χ0) is 22.8. The second kappa shape index (κ2) is 9.11. The van der Waals surface area contributed by atoms with Crippen molar-refractivity contribution in [2.45, 2.75) is 32.9 Å². The first-order valence-corrected chi connectivity index (χ1v) is 11.7. The number of carbonyl (C=O) groups is 1. The number of pyridine rings is 1. The molecule has 7 nitrogen and oxygen atoms in total. The van der Waals surface area contributed by atoms with Crippen LogP contribution in [0.1, 0.15) is 46.5 Å². The number of thiazole rings is 1. The van der Waals surface area contributed by atoms with Gasteiger partial charge < -0.3 is 9.13 Å². The molecule has 0 radical (unpaired) electrons. The van der Waals surface area contributed by atoms with Crippen molar-refractivity contribution in [3.8, 4) is 0 Å². The van der Waals surface area contributed by atoms with Gasteiger partial charge in [-0.1, -0.05) is 6.92 Å². The van der Waals surface area contributed by atoms with E-state index in [-0.39, 0.29) is 5.91 Å². The van der Waals surface area contributed by atoms with E-state index >= 15 is 0 Å². The summed E-state index contributed by atoms with van der Waals surface area (Å²) in [5, 5.41) is 5.27. The van der Waals surface area contributed by atoms with Crippen LogP contribution >= 0.6 is 11.3 Å². The van der Waals surface area contributed by atoms with E-state index < -0.39 is 5.95 Å². The van der Waals surface area contributed by atoms with Crippen molar-refractivity contribution in [1.29, 1.82) is 0 Å². The normalized spacial score (nSPS) is 15.6. The highest BCUT2D eigenvalue weighted by Crippen LogP contribution is 2.24. The Balaban J connectivity index is 1.26. The number of carbonyl (C=O) groups excluding carboxylic acids is 1. The Bertz CT molecular complexity index is 1320. The molecule has 0 bridgehead atoms. The summed E-state index contributed by atoms with van der Waals surface area (Å²) in [6.45, 7) is 3.65. The summed E-state index contributed by atoms with van der Waals surface area (Å²) >= 11 is 1.37. The molecule has 5 heterocycles. The largest absolute Gasteiger partial charge is 0.339 e. The molecule has 4 aromatic rings. The molecule has 1 N–H and O–H groups in total. The lowest BCUT2D eigenvalue weighted by molar-refractivity contribution is 0.101. The van der Waals surface area contributed by atoms with Crippen LogP contribution in [0.4, 0.5) is 9.52 Å². The van der Waals surface area contributed by atoms with Crippen molar-refractivity contribution >= 4 is 34.5 Å². The third-order valence-corrected chi connectivity index (χ3v) is 6.52. The van der Waals surface area contributed by atoms with Crippen LogP contribution in [-0.2, 0) is 19.5 Å². The number of nitrogens with one attached hydrogen (secondary N) is 1. The number of aryl methyl sites for hydroxylation is 1. The summed E-state index contributed by atoms with van der Waals surface area (Å²) in [6.07, 6.45) is 11.2. The Morgan fingerprint density at radius 2 is 2.24 bits per heavy atom. The number of aromatic nitrogens is 5. The number of hydrogen-bond donors (Lipinski definition) is 1. The van der Waals surface area contributed by atoms with Gasteiger partial charge in [-0.25, -0.2) is 15.0 Å². The first-order valence-electron chi connectivity index (χ1n) is 10.8. The van der Waals surface area contributed by atoms with Crippen molar-refractivity contribution in [2.75, 3.05) is 5.32 Å². The lowest BCUT2D eigenvalue weighted by atomic mass is 9.97. The zero-order valence-corrected chi connectivity index (χ0v) is 18.9. The maximum absolute atomic E-state index is 13.4. The van der Waals surface area contributed by atoms with Gasteiger partial charge in [-0.2, -0.15) is 4.39 Å². The highest BCUT2D eigenvalue weighted by Gasteiger charge is 2.18. The first-order chi connectivity index (χ1) is 16.0. The summed E-state index contributed by atoms with van der Waals surface area (Å²) in [4.78, 5) is 25.4. The number of fused-ring (bicyclic) bond motifs is 1. The molecule has 0 saturated heterocycles. The van der Waals surface area contributed by atoms with E-state index in [9.17, 15) is 9.18 Å². The van der Waals surface area contributed by atoms with Crippen LogP contribution in [-0.4, -0.2) is 30.0 Å². The highest BCUT2D eigenvalue weighted by molar-refractivity contribution is 7.14. The van der Waals surface area contributed by atoms with Gasteiger partial charge in [0.1, 0.15) is 5.69 Å². The molecule has 1 aliphatic rings. The number of imidazole rings is 1. The fourth-order valence-electron chi connectivity index (χ4n) is 4.01. The van der Waals surface area contributed by atoms with Gasteiger partial charge >= 0.3 is 0 Å². The molecule has 4 aromatic heterocycles. The molecule has 0 fully saturated rings. The molecule has 0 saturated carbocycles. The molecule has 0 spiro atoms. The Morgan fingerprint density at radius 1 is 1.33 bits per heavy atom. The minimum absolute atomic E-state index is 0.267. The van der Waals surface area contributed by atoms with E-state index in [0.717, 1.165) is 29.9 Å². The van der Waals surface area contributed by atoms with E-state index in [2.05, 4.69) is 31.8 Å². The maximum Gasteiger partial charge on any atom is 0.274 e. The van der Waals surface area contributed by atoms with Gasteiger partial charge in [-0.15, -0.1) is 11.3 Å². The average molecular weight is 463 g/mol. The molecule has 168 valence electrons. The van der Waals surface area contributed by atoms with Gasteiger partial charge in [0, 0.05) is 36.6 Å². The van der Waals surface area contributed by atoms with E-state index in [1.54, 1.807) is 29.0 Å². The SMILES string of the molecule is CC1CCn2cnc(/C=C/c3csc(NC(=O)c4cccn4Cc4ccnc(F)c4)n3)c2C1. The number of hydrogen-bond acceptors (Lipinski definition) is 5. The summed E-state index contributed by atoms with van der Waals surface area (Å²) in [6, 6.07) is 6.60. The van der Waals surface area contributed by atoms with Crippen LogP contribution in [0.25, 0.3) is 12.2 Å². The van der Waals surface area contributed by atoms with Crippen LogP contribution in [0.15, 0.2) is 48.4 Å². The highest BCUT2D eigenvalue weighted by atomic mass is 32.1. The molecule has 33 heavy (non-hydrogen) atoms. The Kier molecular flexibility index (Phi) is 5.87. The van der Waals surface area contributed by atoms with Crippen LogP contribution in [0, 0.1) is 11.9 Å². The van der Waals surface area contributed by atoms with Gasteiger partial charge in [0.25, 0.3) is 5.91 Å². The molecule has 0 aromatic carbocycles. The Hall–Kier alpha value is -3.59. The molecule has 1 amide bonds. The topological polar surface area (TPSA) is 77.6 Å². The third-order valence-electron chi connectivity index (χ3n) is 5.74. The lowest BCUT2D eigenvalue weighted by Gasteiger charge is -2.20. The molecule has 1 unspecified atom stereocenters. The molecule has 1 aliphatic heterocycles. The minimum Gasteiger partial charge on any atom is -0.339 e. The van der Waals surface area contributed by atoms with Gasteiger partial charge in [-0.05, 0) is 60.7 Å². The first kappa shape index (κ1) is 21.3. The fraction of sp³-hybridized carbons (Fsp3) is 0.250. The van der Waals surface area contributed by atoms with E-state index in [1.165, 1.54) is 35.7 Å². The number of anilines is 1. The average Bonchev–Trinajstić information content (AvgIpc) is 3.52. The van der Waals surface area contributed by atoms with E-state index in [1.807, 2.05) is 23.9 Å². The molecule has 5 rings (SSSR count). The number of halogens is 1. The smallest absolute Gasteiger partial charge is 0.274 e. The zero-order valence-electron chi connectivity index (χ0n) is 18.1. The standard InChI is InChI=1S/C24H23FN6OS/c1-16-7-10-31-15-27-19(21(31)11-16)5-4-18-14-33-24(28-18)29-23(32)20-3-2-9-30(20)13-17-6-8-26-22(25)12-17/h2-6,8-9,12,14-16H,7,10-11,13H2,1H3,(H,28,29,32)/b5-4+. The second-order valence-electron chi connectivity index (χ2n) is 8.24. The van der Waals surface area contributed by atoms with E-state index in [4.69, 9.17) is 0 Å². The third kappa shape index (κ3) is 4.78. The molecular weight excluding hydrogens is 439 g/mol. The molecular formula is C24H23FN6OS. The number of amides is 1. The molecule has 0 aliphatic carbocycles. The van der Waals surface area contributed by atoms with Crippen LogP contribution in [0.5, 0.6) is 0 Å². The summed E-state index contributed by atoms with van der Waals surface area (Å²) in [7, 11) is 0. The van der Waals surface area contributed by atoms with Gasteiger partial charge in [0.2, 0.25) is 5.95 Å². The van der Waals surface area contributed by atoms with Crippen LogP contribution in [0.3, 0.4) is 0 Å². The van der Waals surface area contributed by atoms with E-state index in [0.29, 0.717) is 23.3 Å². The molecule has 1 atom stereocenters. The van der Waals surface area contributed by atoms with Crippen molar-refractivity contribution < 1.29 is 9.18 Å². The van der Waals surface area contributed by atoms with Crippen LogP contribution < -0.4 is 5.32 Å². The van der Waals surface area contributed by atoms with Gasteiger partial charge in [0.15, 0.2) is 5.13 Å².